The molecule has 10 rings (SSSR count). The predicted octanol–water partition coefficient (Wildman–Crippen LogP) is 22.2. The summed E-state index contributed by atoms with van der Waals surface area (Å²) in [5, 5.41) is 2.90. The fraction of sp³-hybridized carbons (Fsp3) is 0.966. The van der Waals surface area contributed by atoms with Crippen molar-refractivity contribution in [1.29, 1.82) is 0 Å². The van der Waals surface area contributed by atoms with Gasteiger partial charge in [0.1, 0.15) is 16.9 Å². The van der Waals surface area contributed by atoms with Crippen LogP contribution >= 0.6 is 35.3 Å². The van der Waals surface area contributed by atoms with E-state index in [1.807, 2.05) is 172 Å². The van der Waals surface area contributed by atoms with E-state index < -0.39 is 0 Å². The van der Waals surface area contributed by atoms with Crippen LogP contribution in [0.4, 0.5) is 0 Å². The number of hydroxylamine groups is 2. The maximum atomic E-state index is 12.2. The number of thioether (sulfide) groups is 3. The zero-order chi connectivity index (χ0) is 82.3. The minimum Gasteiger partial charge on any atom is -0.341 e. The quantitative estimate of drug-likeness (QED) is 0.175. The Hall–Kier alpha value is -0.540. The number of carbonyl (C=O) groups is 3. The third-order valence-electron chi connectivity index (χ3n) is 18.2. The van der Waals surface area contributed by atoms with Crippen molar-refractivity contribution in [2.45, 2.75) is 424 Å². The van der Waals surface area contributed by atoms with E-state index in [1.165, 1.54) is 153 Å². The number of nitrogens with zero attached hydrogens (tertiary/aromatic N) is 10. The SMILES string of the molecule is CC.CC.CC.CC.CC.CC.CC.CC.CC.CC.CC(=O)[C@@H]1CCCN1C(C)C.CC(=O)[C@@H]1CCCN1C(C)C.CC(C)N1CCCC1.CC(C)N1CCCCC1.CC(C)N1CCCO1.CC(C)N1CCSC1.CC(C)N1CCS[C@H]1C(=O)N1CCCC1.CC(C)N1CCS[C@H]1CN1CCCC1. The van der Waals surface area contributed by atoms with E-state index in [0.717, 1.165) is 94.0 Å². The molecule has 634 valence electrons. The summed E-state index contributed by atoms with van der Waals surface area (Å²) in [6.07, 6.45) is 18.0. The van der Waals surface area contributed by atoms with Crippen LogP contribution in [0.2, 0.25) is 0 Å². The van der Waals surface area contributed by atoms with Gasteiger partial charge in [0.15, 0.2) is 0 Å². The number of carbonyl (C=O) groups excluding carboxylic acids is 3. The number of hydrogen-bond acceptors (Lipinski definition) is 16. The molecule has 0 saturated carbocycles. The van der Waals surface area contributed by atoms with Crippen molar-refractivity contribution in [1.82, 2.24) is 49.2 Å². The Morgan fingerprint density at radius 3 is 0.981 bits per heavy atom. The number of hydrogen-bond donors (Lipinski definition) is 0. The van der Waals surface area contributed by atoms with Crippen molar-refractivity contribution in [2.75, 3.05) is 128 Å². The summed E-state index contributed by atoms with van der Waals surface area (Å²) in [5.74, 6) is 6.02. The van der Waals surface area contributed by atoms with Crippen LogP contribution in [0, 0.1) is 0 Å². The van der Waals surface area contributed by atoms with Gasteiger partial charge in [0.2, 0.25) is 5.91 Å². The second kappa shape index (κ2) is 83.4. The van der Waals surface area contributed by atoms with E-state index in [-0.39, 0.29) is 17.5 Å². The topological polar surface area (TPSA) is 92.8 Å². The molecule has 0 aliphatic carbocycles. The first-order chi connectivity index (χ1) is 49.9. The zero-order valence-corrected chi connectivity index (χ0v) is 80.2. The molecule has 0 aromatic rings. The molecular weight excluding hydrogens is 1350 g/mol. The van der Waals surface area contributed by atoms with Gasteiger partial charge in [-0.3, -0.25) is 43.7 Å². The van der Waals surface area contributed by atoms with E-state index in [4.69, 9.17) is 4.84 Å². The number of amides is 1. The first-order valence-electron chi connectivity index (χ1n) is 44.4. The van der Waals surface area contributed by atoms with Crippen LogP contribution in [0.3, 0.4) is 0 Å². The van der Waals surface area contributed by atoms with Gasteiger partial charge in [-0.1, -0.05) is 145 Å². The Morgan fingerprint density at radius 2 is 0.692 bits per heavy atom. The third kappa shape index (κ3) is 56.6. The lowest BCUT2D eigenvalue weighted by atomic mass is 10.1. The first-order valence-corrected chi connectivity index (χ1v) is 47.7. The summed E-state index contributed by atoms with van der Waals surface area (Å²) in [5.41, 5.74) is 0. The van der Waals surface area contributed by atoms with Crippen LogP contribution < -0.4 is 0 Å². The highest BCUT2D eigenvalue weighted by Crippen LogP contribution is 2.30. The fourth-order valence-electron chi connectivity index (χ4n) is 12.9. The standard InChI is InChI=1S/C11H20N2OS.C11H22N2S.2C9H17NO.C8H17N.C7H15N.C6H13NO.C6H13NS.10C2H6/c1-9(2)13-7-8-15-11(13)10(14)12-5-3-4-6-12;1-10(2)13-7-8-14-11(13)9-12-5-3-4-6-12;2*1-7(2)10-6-4-5-9(10)8(3)11;1-8(2)9-6-4-3-5-7-9;1-7(2)8-5-3-4-6-8;1-6(2)7-4-3-5-8-7;1-6(2)7-3-4-8-5-7;10*1-2/h9,11H,3-8H2,1-2H3;10-11H,3-9H2,1-2H3;2*7,9H,4-6H2,1-3H3;8H,3-7H2,1-2H3;7H,3-6H2,1-2H3;2*6H,3-5H2,1-2H3;10*1-2H3/t2*11-;2*9-;;;;;;;;;;;;;;/m0000............../s1. The average molecular weight is 1540 g/mol. The van der Waals surface area contributed by atoms with Crippen molar-refractivity contribution in [3.8, 4) is 0 Å². The second-order valence-electron chi connectivity index (χ2n) is 27.3. The minimum absolute atomic E-state index is 0.100. The molecule has 10 saturated heterocycles. The molecule has 104 heavy (non-hydrogen) atoms. The molecule has 14 nitrogen and oxygen atoms in total. The van der Waals surface area contributed by atoms with Crippen molar-refractivity contribution in [2.24, 2.45) is 0 Å². The monoisotopic (exact) mass is 1540 g/mol. The van der Waals surface area contributed by atoms with Crippen molar-refractivity contribution in [3.05, 3.63) is 0 Å². The summed E-state index contributed by atoms with van der Waals surface area (Å²) in [6.45, 7) is 98.0. The summed E-state index contributed by atoms with van der Waals surface area (Å²) in [6, 6.07) is 5.53. The summed E-state index contributed by atoms with van der Waals surface area (Å²) < 4.78 is 0. The summed E-state index contributed by atoms with van der Waals surface area (Å²) in [7, 11) is 0. The molecule has 10 fully saturated rings. The fourth-order valence-corrected chi connectivity index (χ4v) is 16.8. The molecule has 0 bridgehead atoms. The van der Waals surface area contributed by atoms with Crippen LogP contribution in [0.5, 0.6) is 0 Å². The maximum Gasteiger partial charge on any atom is 0.250 e. The van der Waals surface area contributed by atoms with E-state index in [0.29, 0.717) is 41.6 Å². The van der Waals surface area contributed by atoms with E-state index in [1.54, 1.807) is 13.8 Å². The molecule has 0 radical (unpaired) electrons. The summed E-state index contributed by atoms with van der Waals surface area (Å²) >= 11 is 5.99. The number of piperidine rings is 1. The Kier molecular flexibility index (Phi) is 95.6. The zero-order valence-electron chi connectivity index (χ0n) is 77.8. The molecule has 10 aliphatic heterocycles. The predicted molar refractivity (Wildman–Crippen MR) is 480 cm³/mol. The lowest BCUT2D eigenvalue weighted by Crippen LogP contribution is -2.45. The Balaban J connectivity index is -0.000000164. The van der Waals surface area contributed by atoms with Gasteiger partial charge in [0, 0.05) is 117 Å². The Labute approximate surface area is 669 Å². The lowest BCUT2D eigenvalue weighted by Gasteiger charge is -2.30. The van der Waals surface area contributed by atoms with Crippen LogP contribution in [-0.2, 0) is 19.2 Å². The van der Waals surface area contributed by atoms with Gasteiger partial charge in [-0.2, -0.15) is 5.06 Å². The molecule has 10 aliphatic rings. The van der Waals surface area contributed by atoms with Gasteiger partial charge in [0.25, 0.3) is 0 Å². The Bertz CT molecular complexity index is 1630. The van der Waals surface area contributed by atoms with Gasteiger partial charge < -0.3 is 19.6 Å². The second-order valence-corrected chi connectivity index (χ2v) is 30.9. The molecule has 0 aromatic heterocycles. The van der Waals surface area contributed by atoms with Gasteiger partial charge >= 0.3 is 0 Å². The van der Waals surface area contributed by atoms with Gasteiger partial charge in [0.05, 0.1) is 24.1 Å². The van der Waals surface area contributed by atoms with E-state index in [9.17, 15) is 14.4 Å². The largest absolute Gasteiger partial charge is 0.341 e. The van der Waals surface area contributed by atoms with Gasteiger partial charge in [-0.15, -0.1) is 35.3 Å². The molecule has 4 atom stereocenters. The molecule has 0 N–H and O–H groups in total. The van der Waals surface area contributed by atoms with Crippen molar-refractivity contribution in [3.63, 3.8) is 0 Å². The van der Waals surface area contributed by atoms with Crippen LogP contribution in [0.25, 0.3) is 0 Å². The first kappa shape index (κ1) is 119. The number of Topliss-reactive ketones (excluding diaryl/α,β-unsaturated/α-hetero) is 2. The smallest absolute Gasteiger partial charge is 0.250 e. The van der Waals surface area contributed by atoms with Gasteiger partial charge in [-0.25, -0.2) is 0 Å². The summed E-state index contributed by atoms with van der Waals surface area (Å²) in [4.78, 5) is 61.5. The van der Waals surface area contributed by atoms with Crippen molar-refractivity contribution < 1.29 is 19.2 Å². The Morgan fingerprint density at radius 1 is 0.337 bits per heavy atom. The number of likely N-dealkylation sites (tertiary alicyclic amines) is 6. The van der Waals surface area contributed by atoms with E-state index in [2.05, 4.69) is 162 Å². The molecule has 10 heterocycles. The minimum atomic E-state index is 0.100. The number of rotatable bonds is 13. The molecule has 0 aromatic carbocycles. The van der Waals surface area contributed by atoms with Crippen LogP contribution in [-0.4, -0.2) is 266 Å². The van der Waals surface area contributed by atoms with Crippen LogP contribution in [0.15, 0.2) is 0 Å². The highest BCUT2D eigenvalue weighted by atomic mass is 32.2. The normalized spacial score (nSPS) is 21.6. The highest BCUT2D eigenvalue weighted by Gasteiger charge is 2.37. The van der Waals surface area contributed by atoms with E-state index >= 15 is 0 Å². The highest BCUT2D eigenvalue weighted by molar-refractivity contribution is 8.00. The average Bonchev–Trinajstić information content (AvgIpc) is 1.72. The molecule has 1 amide bonds. The van der Waals surface area contributed by atoms with Crippen molar-refractivity contribution >= 4 is 52.8 Å². The molecule has 0 spiro atoms. The molecule has 0 unspecified atom stereocenters. The van der Waals surface area contributed by atoms with Gasteiger partial charge in [-0.05, 0) is 260 Å². The lowest BCUT2D eigenvalue weighted by molar-refractivity contribution is -0.132. The number of ketones is 2. The third-order valence-corrected chi connectivity index (χ3v) is 21.7. The maximum absolute atomic E-state index is 12.2. The van der Waals surface area contributed by atoms with Crippen LogP contribution in [0.1, 0.15) is 353 Å². The molecular formula is C87H194N10O4S3. The molecule has 17 heteroatoms.